The highest BCUT2D eigenvalue weighted by Gasteiger charge is 2.36. The van der Waals surface area contributed by atoms with Crippen molar-refractivity contribution < 1.29 is 5.11 Å². The van der Waals surface area contributed by atoms with Crippen LogP contribution in [0.25, 0.3) is 0 Å². The van der Waals surface area contributed by atoms with E-state index in [-0.39, 0.29) is 17.0 Å². The Morgan fingerprint density at radius 3 is 2.60 bits per heavy atom. The third-order valence-corrected chi connectivity index (χ3v) is 3.31. The molecular weight excluding hydrogens is 276 g/mol. The Labute approximate surface area is 104 Å². The van der Waals surface area contributed by atoms with Crippen LogP contribution in [-0.2, 0) is 5.72 Å². The van der Waals surface area contributed by atoms with Crippen molar-refractivity contribution in [2.75, 3.05) is 12.8 Å². The minimum atomic E-state index is -0.958. The third kappa shape index (κ3) is 2.53. The van der Waals surface area contributed by atoms with Gasteiger partial charge in [0.2, 0.25) is 0 Å². The van der Waals surface area contributed by atoms with Crippen molar-refractivity contribution in [1.29, 1.82) is 0 Å². The van der Waals surface area contributed by atoms with Crippen LogP contribution in [0.15, 0.2) is 35.3 Å². The summed E-state index contributed by atoms with van der Waals surface area (Å²) in [6.07, 6.45) is 0. The summed E-state index contributed by atoms with van der Waals surface area (Å²) in [4.78, 5) is 4.02. The SMILES string of the molecule is Br.CN=C1NC(O)(c2ccccc2)CS1. The van der Waals surface area contributed by atoms with Gasteiger partial charge in [-0.15, -0.1) is 17.0 Å². The fraction of sp³-hybridized carbons (Fsp3) is 0.300. The number of halogens is 1. The molecule has 82 valence electrons. The molecule has 0 radical (unpaired) electrons. The molecule has 1 aromatic carbocycles. The van der Waals surface area contributed by atoms with Gasteiger partial charge in [-0.1, -0.05) is 42.1 Å². The van der Waals surface area contributed by atoms with Crippen LogP contribution in [0, 0.1) is 0 Å². The number of amidine groups is 1. The summed E-state index contributed by atoms with van der Waals surface area (Å²) < 4.78 is 0. The summed E-state index contributed by atoms with van der Waals surface area (Å²) in [5.41, 5.74) is -0.0769. The molecule has 1 aliphatic heterocycles. The minimum absolute atomic E-state index is 0. The molecule has 5 heteroatoms. The molecule has 3 nitrogen and oxygen atoms in total. The Bertz CT molecular complexity index is 358. The normalized spacial score (nSPS) is 27.2. The summed E-state index contributed by atoms with van der Waals surface area (Å²) in [7, 11) is 1.71. The van der Waals surface area contributed by atoms with Gasteiger partial charge in [-0.2, -0.15) is 0 Å². The maximum absolute atomic E-state index is 10.3. The summed E-state index contributed by atoms with van der Waals surface area (Å²) in [5.74, 6) is 0.601. The van der Waals surface area contributed by atoms with E-state index in [1.807, 2.05) is 30.3 Å². The van der Waals surface area contributed by atoms with Crippen LogP contribution < -0.4 is 5.32 Å². The lowest BCUT2D eigenvalue weighted by molar-refractivity contribution is 0.0512. The van der Waals surface area contributed by atoms with E-state index in [1.165, 1.54) is 11.8 Å². The predicted octanol–water partition coefficient (Wildman–Crippen LogP) is 1.73. The highest BCUT2D eigenvalue weighted by molar-refractivity contribution is 8.93. The van der Waals surface area contributed by atoms with Crippen LogP contribution in [0.3, 0.4) is 0 Å². The fourth-order valence-electron chi connectivity index (χ4n) is 1.41. The lowest BCUT2D eigenvalue weighted by Gasteiger charge is -2.22. The monoisotopic (exact) mass is 288 g/mol. The quantitative estimate of drug-likeness (QED) is 0.827. The van der Waals surface area contributed by atoms with Gasteiger partial charge in [0.25, 0.3) is 0 Å². The number of rotatable bonds is 1. The molecule has 1 saturated heterocycles. The van der Waals surface area contributed by atoms with E-state index >= 15 is 0 Å². The zero-order valence-corrected chi connectivity index (χ0v) is 10.8. The maximum Gasteiger partial charge on any atom is 0.173 e. The van der Waals surface area contributed by atoms with Crippen LogP contribution in [0.1, 0.15) is 5.56 Å². The number of nitrogens with zero attached hydrogens (tertiary/aromatic N) is 1. The van der Waals surface area contributed by atoms with Crippen LogP contribution in [0.2, 0.25) is 0 Å². The first kappa shape index (κ1) is 12.5. The second-order valence-electron chi connectivity index (χ2n) is 3.17. The first-order chi connectivity index (χ1) is 6.74. The molecular formula is C10H13BrN2OS. The van der Waals surface area contributed by atoms with E-state index in [1.54, 1.807) is 7.05 Å². The summed E-state index contributed by atoms with van der Waals surface area (Å²) in [5, 5.41) is 14.0. The van der Waals surface area contributed by atoms with Gasteiger partial charge in [-0.3, -0.25) is 4.99 Å². The fourth-order valence-corrected chi connectivity index (χ4v) is 2.37. The second kappa shape index (κ2) is 5.01. The summed E-state index contributed by atoms with van der Waals surface area (Å²) in [6, 6.07) is 9.59. The number of hydrogen-bond donors (Lipinski definition) is 2. The highest BCUT2D eigenvalue weighted by Crippen LogP contribution is 2.29. The minimum Gasteiger partial charge on any atom is -0.366 e. The molecule has 1 aromatic rings. The number of aliphatic imine (C=N–C) groups is 1. The van der Waals surface area contributed by atoms with Crippen molar-refractivity contribution in [3.05, 3.63) is 35.9 Å². The van der Waals surface area contributed by atoms with Crippen LogP contribution in [-0.4, -0.2) is 23.1 Å². The summed E-state index contributed by atoms with van der Waals surface area (Å²) in [6.45, 7) is 0. The van der Waals surface area contributed by atoms with Gasteiger partial charge < -0.3 is 10.4 Å². The Balaban J connectivity index is 0.00000112. The molecule has 0 aliphatic carbocycles. The van der Waals surface area contributed by atoms with Gasteiger partial charge in [0.05, 0.1) is 5.75 Å². The number of thioether (sulfide) groups is 1. The molecule has 1 fully saturated rings. The average Bonchev–Trinajstić information content (AvgIpc) is 2.63. The molecule has 0 amide bonds. The lowest BCUT2D eigenvalue weighted by Crippen LogP contribution is -2.40. The van der Waals surface area contributed by atoms with Crippen molar-refractivity contribution in [2.45, 2.75) is 5.72 Å². The average molecular weight is 289 g/mol. The zero-order chi connectivity index (χ0) is 10.0. The largest absolute Gasteiger partial charge is 0.366 e. The number of benzene rings is 1. The Hall–Kier alpha value is -0.520. The molecule has 1 heterocycles. The summed E-state index contributed by atoms with van der Waals surface area (Å²) >= 11 is 1.53. The van der Waals surface area contributed by atoms with E-state index in [2.05, 4.69) is 10.3 Å². The second-order valence-corrected chi connectivity index (χ2v) is 4.13. The van der Waals surface area contributed by atoms with E-state index in [0.29, 0.717) is 5.75 Å². The van der Waals surface area contributed by atoms with Crippen LogP contribution in [0.4, 0.5) is 0 Å². The third-order valence-electron chi connectivity index (χ3n) is 2.19. The molecule has 1 aliphatic rings. The van der Waals surface area contributed by atoms with E-state index < -0.39 is 5.72 Å². The molecule has 1 atom stereocenters. The zero-order valence-electron chi connectivity index (χ0n) is 8.30. The van der Waals surface area contributed by atoms with Crippen molar-refractivity contribution in [2.24, 2.45) is 4.99 Å². The van der Waals surface area contributed by atoms with E-state index in [4.69, 9.17) is 0 Å². The Morgan fingerprint density at radius 2 is 2.07 bits per heavy atom. The number of hydrogen-bond acceptors (Lipinski definition) is 3. The van der Waals surface area contributed by atoms with E-state index in [9.17, 15) is 5.11 Å². The predicted molar refractivity (Wildman–Crippen MR) is 69.6 cm³/mol. The molecule has 0 spiro atoms. The van der Waals surface area contributed by atoms with Crippen molar-refractivity contribution >= 4 is 33.9 Å². The van der Waals surface area contributed by atoms with Gasteiger partial charge in [0.1, 0.15) is 0 Å². The Morgan fingerprint density at radius 1 is 1.40 bits per heavy atom. The van der Waals surface area contributed by atoms with Gasteiger partial charge >= 0.3 is 0 Å². The van der Waals surface area contributed by atoms with Gasteiger partial charge in [-0.25, -0.2) is 0 Å². The molecule has 15 heavy (non-hydrogen) atoms. The number of aliphatic hydroxyl groups is 1. The highest BCUT2D eigenvalue weighted by atomic mass is 79.9. The molecule has 0 bridgehead atoms. The standard InChI is InChI=1S/C10H12N2OS.BrH/c1-11-9-12-10(13,7-14-9)8-5-3-2-4-6-8;/h2-6,13H,7H2,1H3,(H,11,12);1H. The smallest absolute Gasteiger partial charge is 0.173 e. The number of nitrogens with one attached hydrogen (secondary N) is 1. The van der Waals surface area contributed by atoms with Crippen molar-refractivity contribution in [3.8, 4) is 0 Å². The van der Waals surface area contributed by atoms with Gasteiger partial charge in [-0.05, 0) is 0 Å². The molecule has 0 aromatic heterocycles. The first-order valence-corrected chi connectivity index (χ1v) is 5.39. The van der Waals surface area contributed by atoms with Crippen molar-refractivity contribution in [1.82, 2.24) is 5.32 Å². The molecule has 2 rings (SSSR count). The first-order valence-electron chi connectivity index (χ1n) is 4.40. The molecule has 2 N–H and O–H groups in total. The van der Waals surface area contributed by atoms with E-state index in [0.717, 1.165) is 10.7 Å². The van der Waals surface area contributed by atoms with Crippen LogP contribution in [0.5, 0.6) is 0 Å². The maximum atomic E-state index is 10.3. The lowest BCUT2D eigenvalue weighted by atomic mass is 10.1. The molecule has 0 saturated carbocycles. The van der Waals surface area contributed by atoms with Gasteiger partial charge in [0.15, 0.2) is 10.9 Å². The van der Waals surface area contributed by atoms with Crippen molar-refractivity contribution in [3.63, 3.8) is 0 Å². The molecule has 1 unspecified atom stereocenters. The van der Waals surface area contributed by atoms with Gasteiger partial charge in [0, 0.05) is 12.6 Å². The topological polar surface area (TPSA) is 44.6 Å². The Kier molecular flexibility index (Phi) is 4.19. The van der Waals surface area contributed by atoms with Crippen LogP contribution >= 0.6 is 28.7 Å².